The summed E-state index contributed by atoms with van der Waals surface area (Å²) in [5, 5.41) is 0. The molecule has 2 heterocycles. The standard InChI is InChI=1S/C13H20N2O2/c1-8-4-5-15(12(8)7-14)13(16)11-6-9(2)17-10(11)3/h6,8,12H,4-5,7,14H2,1-3H3. The summed E-state index contributed by atoms with van der Waals surface area (Å²) in [4.78, 5) is 14.3. The maximum atomic E-state index is 12.4. The van der Waals surface area contributed by atoms with Crippen molar-refractivity contribution in [2.75, 3.05) is 13.1 Å². The maximum Gasteiger partial charge on any atom is 0.257 e. The summed E-state index contributed by atoms with van der Waals surface area (Å²) in [6, 6.07) is 1.98. The summed E-state index contributed by atoms with van der Waals surface area (Å²) >= 11 is 0. The van der Waals surface area contributed by atoms with Crippen LogP contribution in [0.3, 0.4) is 0 Å². The first kappa shape index (κ1) is 12.2. The van der Waals surface area contributed by atoms with Gasteiger partial charge in [0, 0.05) is 19.1 Å². The zero-order valence-corrected chi connectivity index (χ0v) is 10.7. The van der Waals surface area contributed by atoms with Gasteiger partial charge in [0.1, 0.15) is 11.5 Å². The second-order valence-corrected chi connectivity index (χ2v) is 4.89. The van der Waals surface area contributed by atoms with Crippen molar-refractivity contribution in [2.24, 2.45) is 11.7 Å². The molecule has 2 unspecified atom stereocenters. The van der Waals surface area contributed by atoms with Crippen molar-refractivity contribution in [3.8, 4) is 0 Å². The van der Waals surface area contributed by atoms with E-state index >= 15 is 0 Å². The van der Waals surface area contributed by atoms with Crippen molar-refractivity contribution in [1.82, 2.24) is 4.90 Å². The second kappa shape index (κ2) is 4.53. The van der Waals surface area contributed by atoms with Crippen LogP contribution in [0.2, 0.25) is 0 Å². The Morgan fingerprint density at radius 2 is 2.29 bits per heavy atom. The van der Waals surface area contributed by atoms with E-state index in [1.54, 1.807) is 0 Å². The molecule has 1 fully saturated rings. The Hall–Kier alpha value is -1.29. The summed E-state index contributed by atoms with van der Waals surface area (Å²) in [6.07, 6.45) is 1.03. The number of carbonyl (C=O) groups excluding carboxylic acids is 1. The number of hydrogen-bond acceptors (Lipinski definition) is 3. The number of furan rings is 1. The van der Waals surface area contributed by atoms with E-state index in [2.05, 4.69) is 6.92 Å². The third kappa shape index (κ3) is 2.09. The first-order chi connectivity index (χ1) is 8.04. The maximum absolute atomic E-state index is 12.4. The van der Waals surface area contributed by atoms with Gasteiger partial charge < -0.3 is 15.1 Å². The van der Waals surface area contributed by atoms with Crippen LogP contribution in [0.5, 0.6) is 0 Å². The van der Waals surface area contributed by atoms with Crippen LogP contribution in [0.1, 0.15) is 35.2 Å². The average molecular weight is 236 g/mol. The molecule has 1 amide bonds. The van der Waals surface area contributed by atoms with E-state index in [1.807, 2.05) is 24.8 Å². The van der Waals surface area contributed by atoms with E-state index in [0.717, 1.165) is 18.7 Å². The molecular weight excluding hydrogens is 216 g/mol. The van der Waals surface area contributed by atoms with Crippen LogP contribution in [-0.4, -0.2) is 29.9 Å². The van der Waals surface area contributed by atoms with Gasteiger partial charge in [0.15, 0.2) is 0 Å². The number of nitrogens with zero attached hydrogens (tertiary/aromatic N) is 1. The van der Waals surface area contributed by atoms with Crippen molar-refractivity contribution < 1.29 is 9.21 Å². The van der Waals surface area contributed by atoms with Gasteiger partial charge in [-0.05, 0) is 32.3 Å². The van der Waals surface area contributed by atoms with Crippen molar-refractivity contribution in [3.63, 3.8) is 0 Å². The molecule has 1 aliphatic rings. The fraction of sp³-hybridized carbons (Fsp3) is 0.615. The lowest BCUT2D eigenvalue weighted by molar-refractivity contribution is 0.0725. The molecule has 2 N–H and O–H groups in total. The van der Waals surface area contributed by atoms with Gasteiger partial charge in [0.25, 0.3) is 5.91 Å². The van der Waals surface area contributed by atoms with Crippen LogP contribution < -0.4 is 5.73 Å². The summed E-state index contributed by atoms with van der Waals surface area (Å²) < 4.78 is 5.41. The molecule has 0 spiro atoms. The van der Waals surface area contributed by atoms with E-state index in [4.69, 9.17) is 10.2 Å². The molecule has 2 atom stereocenters. The Labute approximate surface area is 102 Å². The van der Waals surface area contributed by atoms with Crippen molar-refractivity contribution in [2.45, 2.75) is 33.2 Å². The third-order valence-corrected chi connectivity index (χ3v) is 3.66. The average Bonchev–Trinajstić information content (AvgIpc) is 2.80. The predicted molar refractivity (Wildman–Crippen MR) is 65.8 cm³/mol. The Balaban J connectivity index is 2.23. The molecule has 0 radical (unpaired) electrons. The number of aryl methyl sites for hydroxylation is 2. The largest absolute Gasteiger partial charge is 0.466 e. The highest BCUT2D eigenvalue weighted by Crippen LogP contribution is 2.26. The van der Waals surface area contributed by atoms with E-state index < -0.39 is 0 Å². The summed E-state index contributed by atoms with van der Waals surface area (Å²) in [7, 11) is 0. The topological polar surface area (TPSA) is 59.5 Å². The highest BCUT2D eigenvalue weighted by Gasteiger charge is 2.34. The van der Waals surface area contributed by atoms with Crippen LogP contribution in [-0.2, 0) is 0 Å². The van der Waals surface area contributed by atoms with E-state index in [-0.39, 0.29) is 11.9 Å². The van der Waals surface area contributed by atoms with E-state index in [0.29, 0.717) is 23.8 Å². The van der Waals surface area contributed by atoms with Crippen LogP contribution in [0, 0.1) is 19.8 Å². The molecule has 94 valence electrons. The highest BCUT2D eigenvalue weighted by molar-refractivity contribution is 5.95. The molecule has 0 aliphatic carbocycles. The summed E-state index contributed by atoms with van der Waals surface area (Å²) in [5.41, 5.74) is 6.43. The fourth-order valence-electron chi connectivity index (χ4n) is 2.62. The summed E-state index contributed by atoms with van der Waals surface area (Å²) in [5.74, 6) is 2.02. The number of hydrogen-bond donors (Lipinski definition) is 1. The van der Waals surface area contributed by atoms with Gasteiger partial charge in [-0.3, -0.25) is 4.79 Å². The molecule has 0 aromatic carbocycles. The molecule has 1 aromatic heterocycles. The normalized spacial score (nSPS) is 24.4. The number of rotatable bonds is 2. The Morgan fingerprint density at radius 3 is 2.82 bits per heavy atom. The Morgan fingerprint density at radius 1 is 1.59 bits per heavy atom. The number of likely N-dealkylation sites (tertiary alicyclic amines) is 1. The van der Waals surface area contributed by atoms with Gasteiger partial charge in [0.2, 0.25) is 0 Å². The lowest BCUT2D eigenvalue weighted by Gasteiger charge is -2.25. The van der Waals surface area contributed by atoms with Crippen molar-refractivity contribution in [1.29, 1.82) is 0 Å². The molecule has 4 nitrogen and oxygen atoms in total. The lowest BCUT2D eigenvalue weighted by Crippen LogP contribution is -2.42. The van der Waals surface area contributed by atoms with Gasteiger partial charge in [-0.25, -0.2) is 0 Å². The molecule has 0 bridgehead atoms. The third-order valence-electron chi connectivity index (χ3n) is 3.66. The van der Waals surface area contributed by atoms with Crippen LogP contribution in [0.15, 0.2) is 10.5 Å². The molecule has 1 aromatic rings. The zero-order chi connectivity index (χ0) is 12.6. The van der Waals surface area contributed by atoms with Gasteiger partial charge in [0.05, 0.1) is 5.56 Å². The highest BCUT2D eigenvalue weighted by atomic mass is 16.3. The number of carbonyl (C=O) groups is 1. The van der Waals surface area contributed by atoms with Crippen molar-refractivity contribution >= 4 is 5.91 Å². The first-order valence-electron chi connectivity index (χ1n) is 6.12. The minimum absolute atomic E-state index is 0.0548. The van der Waals surface area contributed by atoms with Gasteiger partial charge in [-0.15, -0.1) is 0 Å². The molecule has 1 aliphatic heterocycles. The molecule has 17 heavy (non-hydrogen) atoms. The van der Waals surface area contributed by atoms with Crippen LogP contribution in [0.4, 0.5) is 0 Å². The lowest BCUT2D eigenvalue weighted by atomic mass is 10.0. The minimum Gasteiger partial charge on any atom is -0.466 e. The molecular formula is C13H20N2O2. The molecule has 2 rings (SSSR count). The van der Waals surface area contributed by atoms with Crippen LogP contribution >= 0.6 is 0 Å². The van der Waals surface area contributed by atoms with Gasteiger partial charge >= 0.3 is 0 Å². The number of nitrogens with two attached hydrogens (primary N) is 1. The number of amides is 1. The molecule has 4 heteroatoms. The Kier molecular flexibility index (Phi) is 3.24. The van der Waals surface area contributed by atoms with Crippen LogP contribution in [0.25, 0.3) is 0 Å². The van der Waals surface area contributed by atoms with Gasteiger partial charge in [-0.2, -0.15) is 0 Å². The van der Waals surface area contributed by atoms with E-state index in [1.165, 1.54) is 0 Å². The quantitative estimate of drug-likeness (QED) is 0.850. The predicted octanol–water partition coefficient (Wildman–Crippen LogP) is 1.71. The second-order valence-electron chi connectivity index (χ2n) is 4.89. The minimum atomic E-state index is 0.0548. The molecule has 1 saturated heterocycles. The smallest absolute Gasteiger partial charge is 0.257 e. The first-order valence-corrected chi connectivity index (χ1v) is 6.12. The SMILES string of the molecule is Cc1cc(C(=O)N2CCC(C)C2CN)c(C)o1. The van der Waals surface area contributed by atoms with E-state index in [9.17, 15) is 4.79 Å². The zero-order valence-electron chi connectivity index (χ0n) is 10.7. The Bertz CT molecular complexity index is 425. The monoisotopic (exact) mass is 236 g/mol. The fourth-order valence-corrected chi connectivity index (χ4v) is 2.62. The van der Waals surface area contributed by atoms with Crippen molar-refractivity contribution in [3.05, 3.63) is 23.2 Å². The molecule has 0 saturated carbocycles. The van der Waals surface area contributed by atoms with Gasteiger partial charge in [-0.1, -0.05) is 6.92 Å². The summed E-state index contributed by atoms with van der Waals surface area (Å²) in [6.45, 7) is 7.17.